The van der Waals surface area contributed by atoms with Gasteiger partial charge in [-0.05, 0) is 30.7 Å². The molecule has 134 valence electrons. The summed E-state index contributed by atoms with van der Waals surface area (Å²) < 4.78 is 43.9. The number of para-hydroxylation sites is 1. The second-order valence-electron chi connectivity index (χ2n) is 5.20. The number of nitrogens with one attached hydrogen (secondary N) is 2. The molecule has 1 amide bonds. The van der Waals surface area contributed by atoms with Gasteiger partial charge in [0.05, 0.1) is 11.3 Å². The molecule has 2 aromatic rings. The number of amides is 1. The van der Waals surface area contributed by atoms with Crippen LogP contribution < -0.4 is 10.6 Å². The summed E-state index contributed by atoms with van der Waals surface area (Å²) in [5, 5.41) is 5.36. The third kappa shape index (κ3) is 5.46. The van der Waals surface area contributed by atoms with Crippen LogP contribution in [0, 0.1) is 0 Å². The zero-order valence-electron chi connectivity index (χ0n) is 13.6. The van der Waals surface area contributed by atoms with Gasteiger partial charge in [-0.3, -0.25) is 9.78 Å². The number of rotatable bonds is 7. The van der Waals surface area contributed by atoms with Crippen LogP contribution in [0.4, 0.5) is 24.5 Å². The molecule has 0 atom stereocenters. The van der Waals surface area contributed by atoms with E-state index in [9.17, 15) is 18.0 Å². The fourth-order valence-corrected chi connectivity index (χ4v) is 2.14. The van der Waals surface area contributed by atoms with Crippen LogP contribution in [0.1, 0.15) is 22.5 Å². The Morgan fingerprint density at radius 1 is 1.24 bits per heavy atom. The van der Waals surface area contributed by atoms with E-state index in [1.54, 1.807) is 13.2 Å². The largest absolute Gasteiger partial charge is 0.418 e. The van der Waals surface area contributed by atoms with E-state index >= 15 is 0 Å². The zero-order valence-corrected chi connectivity index (χ0v) is 13.6. The molecule has 0 unspecified atom stereocenters. The van der Waals surface area contributed by atoms with E-state index in [4.69, 9.17) is 4.74 Å². The lowest BCUT2D eigenvalue weighted by Gasteiger charge is -2.13. The Kier molecular flexibility index (Phi) is 6.35. The molecule has 2 rings (SSSR count). The van der Waals surface area contributed by atoms with Crippen LogP contribution in [0.25, 0.3) is 0 Å². The summed E-state index contributed by atoms with van der Waals surface area (Å²) in [6.07, 6.45) is -2.36. The normalized spacial score (nSPS) is 11.2. The van der Waals surface area contributed by atoms with E-state index in [1.165, 1.54) is 30.5 Å². The molecule has 0 bridgehead atoms. The number of halogens is 3. The molecule has 2 N–H and O–H groups in total. The Morgan fingerprint density at radius 2 is 2.00 bits per heavy atom. The van der Waals surface area contributed by atoms with Crippen LogP contribution in [0.3, 0.4) is 0 Å². The first-order valence-electron chi connectivity index (χ1n) is 7.58. The first-order chi connectivity index (χ1) is 11.9. The molecule has 1 heterocycles. The number of benzene rings is 1. The van der Waals surface area contributed by atoms with E-state index in [-0.39, 0.29) is 11.4 Å². The molecular formula is C17H18F3N3O2. The number of carbonyl (C=O) groups excluding carboxylic acids is 1. The highest BCUT2D eigenvalue weighted by atomic mass is 19.4. The summed E-state index contributed by atoms with van der Waals surface area (Å²) in [6.45, 7) is 1.23. The van der Waals surface area contributed by atoms with Crippen LogP contribution in [0.2, 0.25) is 0 Å². The topological polar surface area (TPSA) is 63.2 Å². The SMILES string of the molecule is COCCCNc1ccnc(C(=O)Nc2ccccc2C(F)(F)F)c1. The summed E-state index contributed by atoms with van der Waals surface area (Å²) in [7, 11) is 1.60. The van der Waals surface area contributed by atoms with Gasteiger partial charge >= 0.3 is 6.18 Å². The maximum absolute atomic E-state index is 13.0. The highest BCUT2D eigenvalue weighted by Crippen LogP contribution is 2.34. The number of hydrogen-bond acceptors (Lipinski definition) is 4. The van der Waals surface area contributed by atoms with E-state index in [2.05, 4.69) is 15.6 Å². The van der Waals surface area contributed by atoms with Gasteiger partial charge in [0.15, 0.2) is 0 Å². The first-order valence-corrected chi connectivity index (χ1v) is 7.58. The van der Waals surface area contributed by atoms with Gasteiger partial charge in [-0.25, -0.2) is 0 Å². The van der Waals surface area contributed by atoms with Crippen molar-refractivity contribution in [2.45, 2.75) is 12.6 Å². The van der Waals surface area contributed by atoms with Crippen molar-refractivity contribution in [2.24, 2.45) is 0 Å². The van der Waals surface area contributed by atoms with Gasteiger partial charge in [-0.2, -0.15) is 13.2 Å². The van der Waals surface area contributed by atoms with Crippen molar-refractivity contribution >= 4 is 17.3 Å². The average Bonchev–Trinajstić information content (AvgIpc) is 2.58. The smallest absolute Gasteiger partial charge is 0.385 e. The Hall–Kier alpha value is -2.61. The van der Waals surface area contributed by atoms with E-state index < -0.39 is 17.6 Å². The van der Waals surface area contributed by atoms with Gasteiger partial charge in [0.2, 0.25) is 0 Å². The predicted octanol–water partition coefficient (Wildman–Crippen LogP) is 3.80. The number of nitrogens with zero attached hydrogens (tertiary/aromatic N) is 1. The van der Waals surface area contributed by atoms with Crippen LogP contribution >= 0.6 is 0 Å². The molecule has 0 radical (unpaired) electrons. The molecule has 0 aliphatic rings. The van der Waals surface area contributed by atoms with Crippen molar-refractivity contribution in [2.75, 3.05) is 30.9 Å². The van der Waals surface area contributed by atoms with Crippen LogP contribution in [0.5, 0.6) is 0 Å². The molecule has 0 saturated heterocycles. The van der Waals surface area contributed by atoms with Crippen molar-refractivity contribution in [1.82, 2.24) is 4.98 Å². The number of methoxy groups -OCH3 is 1. The van der Waals surface area contributed by atoms with E-state index in [1.807, 2.05) is 0 Å². The maximum atomic E-state index is 13.0. The predicted molar refractivity (Wildman–Crippen MR) is 88.6 cm³/mol. The van der Waals surface area contributed by atoms with Gasteiger partial charge in [-0.1, -0.05) is 12.1 Å². The molecule has 1 aromatic heterocycles. The summed E-state index contributed by atoms with van der Waals surface area (Å²) in [6, 6.07) is 7.96. The minimum atomic E-state index is -4.55. The van der Waals surface area contributed by atoms with E-state index in [0.717, 1.165) is 12.5 Å². The zero-order chi connectivity index (χ0) is 18.3. The number of pyridine rings is 1. The number of ether oxygens (including phenoxy) is 1. The monoisotopic (exact) mass is 353 g/mol. The minimum absolute atomic E-state index is 0.0220. The highest BCUT2D eigenvalue weighted by Gasteiger charge is 2.33. The minimum Gasteiger partial charge on any atom is -0.385 e. The molecule has 0 saturated carbocycles. The van der Waals surface area contributed by atoms with Crippen molar-refractivity contribution < 1.29 is 22.7 Å². The average molecular weight is 353 g/mol. The number of aromatic nitrogens is 1. The molecule has 0 fully saturated rings. The lowest BCUT2D eigenvalue weighted by Crippen LogP contribution is -2.18. The van der Waals surface area contributed by atoms with Gasteiger partial charge in [-0.15, -0.1) is 0 Å². The Bertz CT molecular complexity index is 720. The van der Waals surface area contributed by atoms with Gasteiger partial charge < -0.3 is 15.4 Å². The van der Waals surface area contributed by atoms with Crippen LogP contribution in [-0.4, -0.2) is 31.2 Å². The quantitative estimate of drug-likeness (QED) is 0.743. The summed E-state index contributed by atoms with van der Waals surface area (Å²) >= 11 is 0. The molecule has 8 heteroatoms. The lowest BCUT2D eigenvalue weighted by atomic mass is 10.1. The summed E-state index contributed by atoms with van der Waals surface area (Å²) in [5.41, 5.74) is -0.536. The highest BCUT2D eigenvalue weighted by molar-refractivity contribution is 6.03. The molecule has 0 aliphatic heterocycles. The van der Waals surface area contributed by atoms with Gasteiger partial charge in [0, 0.05) is 32.1 Å². The second-order valence-corrected chi connectivity index (χ2v) is 5.20. The third-order valence-electron chi connectivity index (χ3n) is 3.33. The fourth-order valence-electron chi connectivity index (χ4n) is 2.14. The molecule has 5 nitrogen and oxygen atoms in total. The second kappa shape index (κ2) is 8.48. The molecule has 0 spiro atoms. The Balaban J connectivity index is 2.09. The number of alkyl halides is 3. The maximum Gasteiger partial charge on any atom is 0.418 e. The van der Waals surface area contributed by atoms with Crippen LogP contribution in [0.15, 0.2) is 42.6 Å². The number of anilines is 2. The summed E-state index contributed by atoms with van der Waals surface area (Å²) in [4.78, 5) is 16.1. The molecule has 0 aliphatic carbocycles. The standard InChI is InChI=1S/C17H18F3N3O2/c1-25-10-4-8-21-12-7-9-22-15(11-12)16(24)23-14-6-3-2-5-13(14)17(18,19)20/h2-3,5-7,9,11H,4,8,10H2,1H3,(H,21,22)(H,23,24). The van der Waals surface area contributed by atoms with Crippen molar-refractivity contribution in [3.63, 3.8) is 0 Å². The fraction of sp³-hybridized carbons (Fsp3) is 0.294. The Labute approximate surface area is 143 Å². The lowest BCUT2D eigenvalue weighted by molar-refractivity contribution is -0.136. The third-order valence-corrected chi connectivity index (χ3v) is 3.33. The molecule has 25 heavy (non-hydrogen) atoms. The number of carbonyl (C=O) groups is 1. The van der Waals surface area contributed by atoms with Gasteiger partial charge in [0.25, 0.3) is 5.91 Å². The summed E-state index contributed by atoms with van der Waals surface area (Å²) in [5.74, 6) is -0.711. The van der Waals surface area contributed by atoms with Crippen molar-refractivity contribution in [3.8, 4) is 0 Å². The Morgan fingerprint density at radius 3 is 2.72 bits per heavy atom. The van der Waals surface area contributed by atoms with Gasteiger partial charge in [0.1, 0.15) is 5.69 Å². The van der Waals surface area contributed by atoms with E-state index in [0.29, 0.717) is 18.8 Å². The number of hydrogen-bond donors (Lipinski definition) is 2. The first kappa shape index (κ1) is 18.7. The van der Waals surface area contributed by atoms with Crippen LogP contribution in [-0.2, 0) is 10.9 Å². The van der Waals surface area contributed by atoms with Crippen molar-refractivity contribution in [3.05, 3.63) is 53.9 Å². The van der Waals surface area contributed by atoms with Crippen molar-refractivity contribution in [1.29, 1.82) is 0 Å². The molecular weight excluding hydrogens is 335 g/mol. The molecule has 1 aromatic carbocycles.